The standard InChI is InChI=1S/C16H23FN2O2/c1-21-8-7-19-16(20)5-6-18-15-10-13(11-15)12-3-2-4-14(17)9-12/h2-4,9,13,15,18H,5-8,10-11H2,1H3,(H,19,20). The molecular weight excluding hydrogens is 271 g/mol. The van der Waals surface area contributed by atoms with Crippen LogP contribution in [0.2, 0.25) is 0 Å². The summed E-state index contributed by atoms with van der Waals surface area (Å²) in [6.07, 6.45) is 2.49. The zero-order valence-corrected chi connectivity index (χ0v) is 12.4. The van der Waals surface area contributed by atoms with Crippen LogP contribution in [0.4, 0.5) is 4.39 Å². The van der Waals surface area contributed by atoms with Crippen molar-refractivity contribution in [3.8, 4) is 0 Å². The molecule has 0 aliphatic heterocycles. The summed E-state index contributed by atoms with van der Waals surface area (Å²) in [4.78, 5) is 11.5. The molecular formula is C16H23FN2O2. The Bertz CT molecular complexity index is 461. The molecule has 0 saturated heterocycles. The number of carbonyl (C=O) groups excluding carboxylic acids is 1. The van der Waals surface area contributed by atoms with Crippen molar-refractivity contribution in [2.24, 2.45) is 0 Å². The lowest BCUT2D eigenvalue weighted by atomic mass is 9.76. The van der Waals surface area contributed by atoms with E-state index in [1.807, 2.05) is 6.07 Å². The second-order valence-electron chi connectivity index (χ2n) is 5.47. The third-order valence-corrected chi connectivity index (χ3v) is 3.87. The predicted octanol–water partition coefficient (Wildman–Crippen LogP) is 1.81. The van der Waals surface area contributed by atoms with Gasteiger partial charge in [0.15, 0.2) is 0 Å². The molecule has 0 unspecified atom stereocenters. The smallest absolute Gasteiger partial charge is 0.221 e. The highest BCUT2D eigenvalue weighted by molar-refractivity contribution is 5.76. The van der Waals surface area contributed by atoms with E-state index in [1.54, 1.807) is 19.2 Å². The van der Waals surface area contributed by atoms with E-state index in [0.717, 1.165) is 18.4 Å². The number of nitrogens with one attached hydrogen (secondary N) is 2. The largest absolute Gasteiger partial charge is 0.383 e. The lowest BCUT2D eigenvalue weighted by Gasteiger charge is -2.36. The lowest BCUT2D eigenvalue weighted by molar-refractivity contribution is -0.121. The number of hydrogen-bond acceptors (Lipinski definition) is 3. The summed E-state index contributed by atoms with van der Waals surface area (Å²) in [5, 5.41) is 6.16. The molecule has 1 aromatic carbocycles. The fourth-order valence-electron chi connectivity index (χ4n) is 2.59. The number of carbonyl (C=O) groups is 1. The predicted molar refractivity (Wildman–Crippen MR) is 79.7 cm³/mol. The molecule has 1 aliphatic carbocycles. The van der Waals surface area contributed by atoms with Crippen LogP contribution in [0.25, 0.3) is 0 Å². The summed E-state index contributed by atoms with van der Waals surface area (Å²) in [7, 11) is 1.61. The maximum absolute atomic E-state index is 13.1. The molecule has 1 amide bonds. The number of ether oxygens (including phenoxy) is 1. The van der Waals surface area contributed by atoms with E-state index in [-0.39, 0.29) is 11.7 Å². The summed E-state index contributed by atoms with van der Waals surface area (Å²) < 4.78 is 18.0. The zero-order chi connectivity index (χ0) is 15.1. The van der Waals surface area contributed by atoms with Crippen LogP contribution >= 0.6 is 0 Å². The highest BCUT2D eigenvalue weighted by Crippen LogP contribution is 2.36. The van der Waals surface area contributed by atoms with Gasteiger partial charge in [-0.05, 0) is 36.5 Å². The Balaban J connectivity index is 1.57. The number of hydrogen-bond donors (Lipinski definition) is 2. The van der Waals surface area contributed by atoms with Crippen LogP contribution in [-0.2, 0) is 9.53 Å². The van der Waals surface area contributed by atoms with Crippen molar-refractivity contribution < 1.29 is 13.9 Å². The van der Waals surface area contributed by atoms with Gasteiger partial charge in [-0.3, -0.25) is 4.79 Å². The molecule has 5 heteroatoms. The topological polar surface area (TPSA) is 50.4 Å². The molecule has 1 saturated carbocycles. The Labute approximate surface area is 125 Å². The molecule has 1 aliphatic rings. The van der Waals surface area contributed by atoms with E-state index < -0.39 is 0 Å². The summed E-state index contributed by atoms with van der Waals surface area (Å²) in [5.41, 5.74) is 1.07. The Morgan fingerprint density at radius 1 is 1.38 bits per heavy atom. The van der Waals surface area contributed by atoms with Crippen molar-refractivity contribution in [3.05, 3.63) is 35.6 Å². The minimum Gasteiger partial charge on any atom is -0.383 e. The van der Waals surface area contributed by atoms with Crippen molar-refractivity contribution >= 4 is 5.91 Å². The molecule has 2 rings (SSSR count). The van der Waals surface area contributed by atoms with E-state index in [2.05, 4.69) is 10.6 Å². The Kier molecular flexibility index (Phi) is 6.14. The quantitative estimate of drug-likeness (QED) is 0.719. The van der Waals surface area contributed by atoms with Crippen LogP contribution in [0.3, 0.4) is 0 Å². The maximum atomic E-state index is 13.1. The van der Waals surface area contributed by atoms with Crippen molar-refractivity contribution in [2.75, 3.05) is 26.8 Å². The van der Waals surface area contributed by atoms with Gasteiger partial charge >= 0.3 is 0 Å². The molecule has 0 spiro atoms. The number of benzene rings is 1. The molecule has 0 radical (unpaired) electrons. The SMILES string of the molecule is COCCNC(=O)CCNC1CC(c2cccc(F)c2)C1. The summed E-state index contributed by atoms with van der Waals surface area (Å²) in [5.74, 6) is 0.311. The minimum atomic E-state index is -0.170. The Morgan fingerprint density at radius 2 is 2.19 bits per heavy atom. The lowest BCUT2D eigenvalue weighted by Crippen LogP contribution is -2.41. The number of rotatable bonds is 8. The molecule has 1 fully saturated rings. The molecule has 116 valence electrons. The highest BCUT2D eigenvalue weighted by Gasteiger charge is 2.29. The molecule has 0 bridgehead atoms. The second-order valence-corrected chi connectivity index (χ2v) is 5.47. The van der Waals surface area contributed by atoms with Gasteiger partial charge in [-0.15, -0.1) is 0 Å². The van der Waals surface area contributed by atoms with Crippen LogP contribution in [0.15, 0.2) is 24.3 Å². The first-order valence-corrected chi connectivity index (χ1v) is 7.43. The van der Waals surface area contributed by atoms with E-state index in [4.69, 9.17) is 4.74 Å². The first-order chi connectivity index (χ1) is 10.2. The average Bonchev–Trinajstić information content (AvgIpc) is 2.41. The number of methoxy groups -OCH3 is 1. The van der Waals surface area contributed by atoms with Crippen molar-refractivity contribution in [1.82, 2.24) is 10.6 Å². The monoisotopic (exact) mass is 294 g/mol. The third kappa shape index (κ3) is 5.10. The van der Waals surface area contributed by atoms with Gasteiger partial charge in [0, 0.05) is 32.7 Å². The summed E-state index contributed by atoms with van der Waals surface area (Å²) in [6, 6.07) is 7.26. The molecule has 1 aromatic rings. The molecule has 0 heterocycles. The van der Waals surface area contributed by atoms with Crippen LogP contribution in [0.5, 0.6) is 0 Å². The fraction of sp³-hybridized carbons (Fsp3) is 0.562. The third-order valence-electron chi connectivity index (χ3n) is 3.87. The fourth-order valence-corrected chi connectivity index (χ4v) is 2.59. The van der Waals surface area contributed by atoms with Gasteiger partial charge in [0.25, 0.3) is 0 Å². The van der Waals surface area contributed by atoms with Gasteiger partial charge in [-0.2, -0.15) is 0 Å². The van der Waals surface area contributed by atoms with E-state index >= 15 is 0 Å². The molecule has 2 N–H and O–H groups in total. The van der Waals surface area contributed by atoms with Gasteiger partial charge < -0.3 is 15.4 Å². The Hall–Kier alpha value is -1.46. The first-order valence-electron chi connectivity index (χ1n) is 7.43. The summed E-state index contributed by atoms with van der Waals surface area (Å²) in [6.45, 7) is 1.77. The zero-order valence-electron chi connectivity index (χ0n) is 12.4. The normalized spacial score (nSPS) is 20.9. The Morgan fingerprint density at radius 3 is 2.90 bits per heavy atom. The average molecular weight is 294 g/mol. The van der Waals surface area contributed by atoms with Crippen LogP contribution < -0.4 is 10.6 Å². The molecule has 0 aromatic heterocycles. The van der Waals surface area contributed by atoms with Gasteiger partial charge in [0.1, 0.15) is 5.82 Å². The first kappa shape index (κ1) is 15.9. The maximum Gasteiger partial charge on any atom is 0.221 e. The minimum absolute atomic E-state index is 0.0422. The van der Waals surface area contributed by atoms with Crippen molar-refractivity contribution in [2.45, 2.75) is 31.2 Å². The molecule has 0 atom stereocenters. The van der Waals surface area contributed by atoms with E-state index in [9.17, 15) is 9.18 Å². The van der Waals surface area contributed by atoms with Crippen molar-refractivity contribution in [3.63, 3.8) is 0 Å². The van der Waals surface area contributed by atoms with Gasteiger partial charge in [-0.1, -0.05) is 12.1 Å². The van der Waals surface area contributed by atoms with Crippen molar-refractivity contribution in [1.29, 1.82) is 0 Å². The number of amides is 1. The summed E-state index contributed by atoms with van der Waals surface area (Å²) >= 11 is 0. The van der Waals surface area contributed by atoms with E-state index in [1.165, 1.54) is 6.07 Å². The van der Waals surface area contributed by atoms with Crippen LogP contribution in [0.1, 0.15) is 30.7 Å². The second kappa shape index (κ2) is 8.10. The van der Waals surface area contributed by atoms with Gasteiger partial charge in [0.05, 0.1) is 6.61 Å². The molecule has 21 heavy (non-hydrogen) atoms. The van der Waals surface area contributed by atoms with Gasteiger partial charge in [0.2, 0.25) is 5.91 Å². The highest BCUT2D eigenvalue weighted by atomic mass is 19.1. The number of halogens is 1. The molecule has 4 nitrogen and oxygen atoms in total. The van der Waals surface area contributed by atoms with Gasteiger partial charge in [-0.25, -0.2) is 4.39 Å². The van der Waals surface area contributed by atoms with Crippen LogP contribution in [-0.4, -0.2) is 38.8 Å². The van der Waals surface area contributed by atoms with E-state index in [0.29, 0.717) is 38.1 Å². The van der Waals surface area contributed by atoms with Crippen LogP contribution in [0, 0.1) is 5.82 Å².